The van der Waals surface area contributed by atoms with Gasteiger partial charge in [-0.3, -0.25) is 0 Å². The van der Waals surface area contributed by atoms with Gasteiger partial charge in [0.15, 0.2) is 0 Å². The van der Waals surface area contributed by atoms with Crippen molar-refractivity contribution in [2.45, 2.75) is 44.6 Å². The van der Waals surface area contributed by atoms with E-state index in [0.29, 0.717) is 18.0 Å². The summed E-state index contributed by atoms with van der Waals surface area (Å²) in [5, 5.41) is 0. The Balaban J connectivity index is 2.47. The molecule has 0 amide bonds. The van der Waals surface area contributed by atoms with Gasteiger partial charge in [-0.2, -0.15) is 4.31 Å². The number of rotatable bonds is 2. The van der Waals surface area contributed by atoms with Crippen LogP contribution in [0.4, 0.5) is 10.1 Å². The Bertz CT molecular complexity index is 616. The first-order valence-corrected chi connectivity index (χ1v) is 8.25. The second kappa shape index (κ2) is 5.33. The van der Waals surface area contributed by atoms with Crippen LogP contribution in [0.2, 0.25) is 0 Å². The van der Waals surface area contributed by atoms with E-state index in [1.54, 1.807) is 6.92 Å². The zero-order valence-electron chi connectivity index (χ0n) is 12.1. The Morgan fingerprint density at radius 2 is 1.95 bits per heavy atom. The minimum atomic E-state index is -3.63. The van der Waals surface area contributed by atoms with Gasteiger partial charge >= 0.3 is 0 Å². The molecule has 6 heteroatoms. The minimum Gasteiger partial charge on any atom is -0.396 e. The molecule has 2 N–H and O–H groups in total. The van der Waals surface area contributed by atoms with Gasteiger partial charge in [0, 0.05) is 12.6 Å². The zero-order chi connectivity index (χ0) is 15.1. The van der Waals surface area contributed by atoms with Crippen molar-refractivity contribution in [1.29, 1.82) is 0 Å². The molecule has 1 saturated heterocycles. The molecule has 0 spiro atoms. The van der Waals surface area contributed by atoms with E-state index in [2.05, 4.69) is 0 Å². The predicted octanol–water partition coefficient (Wildman–Crippen LogP) is 2.53. The molecule has 1 heterocycles. The molecule has 2 atom stereocenters. The zero-order valence-corrected chi connectivity index (χ0v) is 12.9. The molecular weight excluding hydrogens is 279 g/mol. The van der Waals surface area contributed by atoms with Gasteiger partial charge in [0.2, 0.25) is 10.0 Å². The first kappa shape index (κ1) is 15.3. The van der Waals surface area contributed by atoms with Crippen LogP contribution in [0.15, 0.2) is 17.0 Å². The normalized spacial score (nSPS) is 24.8. The first-order valence-electron chi connectivity index (χ1n) is 6.81. The molecule has 0 bridgehead atoms. The Hall–Kier alpha value is -1.14. The van der Waals surface area contributed by atoms with Gasteiger partial charge in [0.1, 0.15) is 5.82 Å². The average Bonchev–Trinajstić information content (AvgIpc) is 2.36. The van der Waals surface area contributed by atoms with Gasteiger partial charge in [-0.05, 0) is 50.3 Å². The summed E-state index contributed by atoms with van der Waals surface area (Å²) in [4.78, 5) is 0.109. The molecule has 1 fully saturated rings. The Kier molecular flexibility index (Phi) is 4.07. The summed E-state index contributed by atoms with van der Waals surface area (Å²) >= 11 is 0. The maximum absolute atomic E-state index is 13.4. The standard InChI is InChI=1S/C14H21FN2O2S/c1-9-4-5-11(3)17(8-9)20(18,19)14-7-13(16)12(15)6-10(14)2/h6-7,9,11H,4-5,8,16H2,1-3H3. The third-order valence-corrected chi connectivity index (χ3v) is 6.06. The lowest BCUT2D eigenvalue weighted by atomic mass is 9.97. The lowest BCUT2D eigenvalue weighted by Gasteiger charge is -2.36. The molecule has 1 aliphatic rings. The van der Waals surface area contributed by atoms with Crippen molar-refractivity contribution < 1.29 is 12.8 Å². The van der Waals surface area contributed by atoms with Crippen molar-refractivity contribution in [2.24, 2.45) is 5.92 Å². The highest BCUT2D eigenvalue weighted by Gasteiger charge is 2.34. The molecule has 112 valence electrons. The monoisotopic (exact) mass is 300 g/mol. The number of sulfonamides is 1. The molecule has 1 aromatic rings. The van der Waals surface area contributed by atoms with Crippen molar-refractivity contribution in [1.82, 2.24) is 4.31 Å². The van der Waals surface area contributed by atoms with E-state index in [9.17, 15) is 12.8 Å². The number of piperidine rings is 1. The lowest BCUT2D eigenvalue weighted by molar-refractivity contribution is 0.218. The molecule has 4 nitrogen and oxygen atoms in total. The first-order chi connectivity index (χ1) is 9.23. The third-order valence-electron chi connectivity index (χ3n) is 3.94. The SMILES string of the molecule is Cc1cc(F)c(N)cc1S(=O)(=O)N1CC(C)CCC1C. The lowest BCUT2D eigenvalue weighted by Crippen LogP contribution is -2.45. The summed E-state index contributed by atoms with van der Waals surface area (Å²) in [6.45, 7) is 6.04. The van der Waals surface area contributed by atoms with E-state index >= 15 is 0 Å². The van der Waals surface area contributed by atoms with Crippen LogP contribution < -0.4 is 5.73 Å². The van der Waals surface area contributed by atoms with E-state index in [4.69, 9.17) is 5.73 Å². The minimum absolute atomic E-state index is 0.0399. The molecule has 2 rings (SSSR count). The van der Waals surface area contributed by atoms with Crippen molar-refractivity contribution in [3.8, 4) is 0 Å². The van der Waals surface area contributed by atoms with E-state index in [1.165, 1.54) is 16.4 Å². The van der Waals surface area contributed by atoms with Crippen molar-refractivity contribution in [3.05, 3.63) is 23.5 Å². The van der Waals surface area contributed by atoms with Gasteiger partial charge < -0.3 is 5.73 Å². The molecule has 2 unspecified atom stereocenters. The quantitative estimate of drug-likeness (QED) is 0.854. The molecule has 1 aliphatic heterocycles. The molecule has 1 aromatic carbocycles. The van der Waals surface area contributed by atoms with E-state index < -0.39 is 15.8 Å². The highest BCUT2D eigenvalue weighted by molar-refractivity contribution is 7.89. The Morgan fingerprint density at radius 1 is 1.30 bits per heavy atom. The van der Waals surface area contributed by atoms with Crippen LogP contribution in [0.1, 0.15) is 32.3 Å². The number of nitrogen functional groups attached to an aromatic ring is 1. The molecule has 0 radical (unpaired) electrons. The fourth-order valence-electron chi connectivity index (χ4n) is 2.66. The maximum Gasteiger partial charge on any atom is 0.243 e. The van der Waals surface area contributed by atoms with Crippen LogP contribution in [0.3, 0.4) is 0 Å². The number of benzene rings is 1. The van der Waals surface area contributed by atoms with Crippen LogP contribution in [-0.4, -0.2) is 25.3 Å². The summed E-state index contributed by atoms with van der Waals surface area (Å²) in [5.41, 5.74) is 5.78. The second-order valence-corrected chi connectivity index (χ2v) is 7.60. The molecule has 20 heavy (non-hydrogen) atoms. The molecule has 0 aromatic heterocycles. The number of nitrogens with two attached hydrogens (primary N) is 1. The number of aryl methyl sites for hydroxylation is 1. The van der Waals surface area contributed by atoms with E-state index in [1.807, 2.05) is 13.8 Å². The molecule has 0 saturated carbocycles. The fourth-order valence-corrected chi connectivity index (χ4v) is 4.68. The second-order valence-electron chi connectivity index (χ2n) is 5.75. The number of hydrogen-bond acceptors (Lipinski definition) is 3. The summed E-state index contributed by atoms with van der Waals surface area (Å²) in [6.07, 6.45) is 1.87. The maximum atomic E-state index is 13.4. The summed E-state index contributed by atoms with van der Waals surface area (Å²) < 4.78 is 40.5. The van der Waals surface area contributed by atoms with Crippen LogP contribution in [-0.2, 0) is 10.0 Å². The predicted molar refractivity (Wildman–Crippen MR) is 77.3 cm³/mol. The van der Waals surface area contributed by atoms with Gasteiger partial charge in [0.05, 0.1) is 10.6 Å². The fraction of sp³-hybridized carbons (Fsp3) is 0.571. The molecule has 0 aliphatic carbocycles. The van der Waals surface area contributed by atoms with Gasteiger partial charge in [-0.25, -0.2) is 12.8 Å². The van der Waals surface area contributed by atoms with Crippen LogP contribution in [0, 0.1) is 18.7 Å². The summed E-state index contributed by atoms with van der Waals surface area (Å²) in [6, 6.07) is 2.37. The highest BCUT2D eigenvalue weighted by atomic mass is 32.2. The van der Waals surface area contributed by atoms with Gasteiger partial charge in [-0.15, -0.1) is 0 Å². The number of nitrogens with zero attached hydrogens (tertiary/aromatic N) is 1. The number of hydrogen-bond donors (Lipinski definition) is 1. The van der Waals surface area contributed by atoms with Crippen LogP contribution >= 0.6 is 0 Å². The third kappa shape index (κ3) is 2.67. The highest BCUT2D eigenvalue weighted by Crippen LogP contribution is 2.30. The van der Waals surface area contributed by atoms with Crippen molar-refractivity contribution in [2.75, 3.05) is 12.3 Å². The van der Waals surface area contributed by atoms with E-state index in [0.717, 1.165) is 12.8 Å². The van der Waals surface area contributed by atoms with Gasteiger partial charge in [0.25, 0.3) is 0 Å². The largest absolute Gasteiger partial charge is 0.396 e. The van der Waals surface area contributed by atoms with Crippen LogP contribution in [0.25, 0.3) is 0 Å². The molecular formula is C14H21FN2O2S. The van der Waals surface area contributed by atoms with Crippen molar-refractivity contribution in [3.63, 3.8) is 0 Å². The average molecular weight is 300 g/mol. The topological polar surface area (TPSA) is 63.4 Å². The van der Waals surface area contributed by atoms with Crippen molar-refractivity contribution >= 4 is 15.7 Å². The van der Waals surface area contributed by atoms with Crippen LogP contribution in [0.5, 0.6) is 0 Å². The van der Waals surface area contributed by atoms with Gasteiger partial charge in [-0.1, -0.05) is 6.92 Å². The summed E-state index contributed by atoms with van der Waals surface area (Å²) in [7, 11) is -3.63. The number of anilines is 1. The van der Waals surface area contributed by atoms with E-state index in [-0.39, 0.29) is 16.6 Å². The summed E-state index contributed by atoms with van der Waals surface area (Å²) in [5.74, 6) is -0.249. The number of halogens is 1. The Morgan fingerprint density at radius 3 is 2.60 bits per heavy atom. The Labute approximate surface area is 119 Å². The smallest absolute Gasteiger partial charge is 0.243 e.